The number of ether oxygens (including phenoxy) is 1. The van der Waals surface area contributed by atoms with Gasteiger partial charge >= 0.3 is 6.03 Å². The fourth-order valence-corrected chi connectivity index (χ4v) is 3.21. The summed E-state index contributed by atoms with van der Waals surface area (Å²) in [4.78, 5) is 14.3. The van der Waals surface area contributed by atoms with E-state index in [0.717, 1.165) is 37.9 Å². The van der Waals surface area contributed by atoms with Gasteiger partial charge in [-0.15, -0.1) is 0 Å². The molecule has 0 unspecified atom stereocenters. The van der Waals surface area contributed by atoms with E-state index in [2.05, 4.69) is 21.7 Å². The van der Waals surface area contributed by atoms with E-state index < -0.39 is 0 Å². The molecule has 0 aromatic heterocycles. The van der Waals surface area contributed by atoms with Gasteiger partial charge in [0.25, 0.3) is 0 Å². The fraction of sp³-hybridized carbons (Fsp3) is 0.318. The Morgan fingerprint density at radius 2 is 2.04 bits per heavy atom. The summed E-state index contributed by atoms with van der Waals surface area (Å²) in [6.45, 7) is 2.49. The van der Waals surface area contributed by atoms with Gasteiger partial charge in [-0.1, -0.05) is 18.2 Å². The number of nitrogens with zero attached hydrogens (tertiary/aromatic N) is 1. The van der Waals surface area contributed by atoms with Crippen LogP contribution in [0.2, 0.25) is 0 Å². The van der Waals surface area contributed by atoms with E-state index in [1.165, 1.54) is 17.7 Å². The number of halogens is 1. The van der Waals surface area contributed by atoms with Crippen LogP contribution in [0.1, 0.15) is 18.4 Å². The normalized spacial score (nSPS) is 13.2. The van der Waals surface area contributed by atoms with Crippen LogP contribution in [0.4, 0.5) is 14.9 Å². The topological polar surface area (TPSA) is 53.6 Å². The SMILES string of the molecule is COc1cccc(NC(=O)NCCCN2C=C(Cc3ccc(F)cc3)CC2)c1. The van der Waals surface area contributed by atoms with Crippen molar-refractivity contribution in [1.82, 2.24) is 10.2 Å². The van der Waals surface area contributed by atoms with Crippen molar-refractivity contribution in [2.24, 2.45) is 0 Å². The van der Waals surface area contributed by atoms with E-state index in [1.807, 2.05) is 30.3 Å². The largest absolute Gasteiger partial charge is 0.497 e. The number of carbonyl (C=O) groups is 1. The zero-order valence-electron chi connectivity index (χ0n) is 16.1. The van der Waals surface area contributed by atoms with Crippen LogP contribution in [-0.2, 0) is 6.42 Å². The van der Waals surface area contributed by atoms with Crippen LogP contribution in [0, 0.1) is 5.82 Å². The number of hydrogen-bond donors (Lipinski definition) is 2. The van der Waals surface area contributed by atoms with Crippen molar-refractivity contribution in [3.63, 3.8) is 0 Å². The average molecular weight is 383 g/mol. The molecule has 2 N–H and O–H groups in total. The first-order chi connectivity index (χ1) is 13.6. The monoisotopic (exact) mass is 383 g/mol. The number of hydrogen-bond acceptors (Lipinski definition) is 3. The minimum absolute atomic E-state index is 0.200. The van der Waals surface area contributed by atoms with Crippen LogP contribution in [0.15, 0.2) is 60.3 Å². The quantitative estimate of drug-likeness (QED) is 0.673. The molecular weight excluding hydrogens is 357 g/mol. The van der Waals surface area contributed by atoms with Gasteiger partial charge in [-0.3, -0.25) is 0 Å². The molecule has 2 amide bonds. The third kappa shape index (κ3) is 6.01. The average Bonchev–Trinajstić information content (AvgIpc) is 3.14. The number of rotatable bonds is 8. The van der Waals surface area contributed by atoms with Crippen molar-refractivity contribution < 1.29 is 13.9 Å². The Morgan fingerprint density at radius 1 is 1.21 bits per heavy atom. The number of benzene rings is 2. The molecule has 6 heteroatoms. The van der Waals surface area contributed by atoms with Crippen LogP contribution < -0.4 is 15.4 Å². The third-order valence-electron chi connectivity index (χ3n) is 4.66. The highest BCUT2D eigenvalue weighted by Crippen LogP contribution is 2.19. The Balaban J connectivity index is 1.35. The van der Waals surface area contributed by atoms with Crippen molar-refractivity contribution in [3.05, 3.63) is 71.7 Å². The number of methoxy groups -OCH3 is 1. The van der Waals surface area contributed by atoms with Crippen molar-refractivity contribution in [2.45, 2.75) is 19.3 Å². The molecule has 2 aromatic carbocycles. The summed E-state index contributed by atoms with van der Waals surface area (Å²) in [5.41, 5.74) is 3.19. The zero-order chi connectivity index (χ0) is 19.8. The molecule has 0 saturated carbocycles. The molecule has 0 aliphatic carbocycles. The highest BCUT2D eigenvalue weighted by molar-refractivity contribution is 5.89. The molecule has 2 aromatic rings. The molecule has 0 saturated heterocycles. The summed E-state index contributed by atoms with van der Waals surface area (Å²) in [6.07, 6.45) is 4.95. The van der Waals surface area contributed by atoms with Crippen LogP contribution in [0.5, 0.6) is 5.75 Å². The number of carbonyl (C=O) groups excluding carboxylic acids is 1. The second-order valence-electron chi connectivity index (χ2n) is 6.84. The van der Waals surface area contributed by atoms with E-state index in [9.17, 15) is 9.18 Å². The molecule has 28 heavy (non-hydrogen) atoms. The van der Waals surface area contributed by atoms with Crippen molar-refractivity contribution in [3.8, 4) is 5.75 Å². The Hall–Kier alpha value is -3.02. The van der Waals surface area contributed by atoms with Gasteiger partial charge < -0.3 is 20.3 Å². The first-order valence-electron chi connectivity index (χ1n) is 9.49. The van der Waals surface area contributed by atoms with Gasteiger partial charge in [-0.05, 0) is 60.9 Å². The molecular formula is C22H26FN3O2. The van der Waals surface area contributed by atoms with Crippen LogP contribution in [0.3, 0.4) is 0 Å². The molecule has 3 rings (SSSR count). The Bertz CT molecular complexity index is 821. The molecule has 0 bridgehead atoms. The van der Waals surface area contributed by atoms with E-state index in [4.69, 9.17) is 4.74 Å². The maximum Gasteiger partial charge on any atom is 0.319 e. The number of amides is 2. The molecule has 5 nitrogen and oxygen atoms in total. The van der Waals surface area contributed by atoms with Gasteiger partial charge in [0.2, 0.25) is 0 Å². The van der Waals surface area contributed by atoms with Crippen LogP contribution >= 0.6 is 0 Å². The van der Waals surface area contributed by atoms with Crippen molar-refractivity contribution in [2.75, 3.05) is 32.1 Å². The molecule has 1 heterocycles. The lowest BCUT2D eigenvalue weighted by Gasteiger charge is -2.15. The highest BCUT2D eigenvalue weighted by atomic mass is 19.1. The summed E-state index contributed by atoms with van der Waals surface area (Å²) in [7, 11) is 1.59. The molecule has 0 spiro atoms. The minimum Gasteiger partial charge on any atom is -0.497 e. The predicted molar refractivity (Wildman–Crippen MR) is 109 cm³/mol. The summed E-state index contributed by atoms with van der Waals surface area (Å²) in [6, 6.07) is 13.7. The third-order valence-corrected chi connectivity index (χ3v) is 4.66. The van der Waals surface area contributed by atoms with Gasteiger partial charge in [0.15, 0.2) is 0 Å². The van der Waals surface area contributed by atoms with Gasteiger partial charge in [0.05, 0.1) is 7.11 Å². The first kappa shape index (κ1) is 19.7. The summed E-state index contributed by atoms with van der Waals surface area (Å²) in [5, 5.41) is 5.68. The van der Waals surface area contributed by atoms with Crippen molar-refractivity contribution >= 4 is 11.7 Å². The van der Waals surface area contributed by atoms with E-state index in [0.29, 0.717) is 18.0 Å². The maximum atomic E-state index is 13.0. The predicted octanol–water partition coefficient (Wildman–Crippen LogP) is 4.18. The van der Waals surface area contributed by atoms with E-state index in [-0.39, 0.29) is 11.8 Å². The van der Waals surface area contributed by atoms with Crippen LogP contribution in [0.25, 0.3) is 0 Å². The second-order valence-corrected chi connectivity index (χ2v) is 6.84. The summed E-state index contributed by atoms with van der Waals surface area (Å²) in [5.74, 6) is 0.503. The van der Waals surface area contributed by atoms with E-state index in [1.54, 1.807) is 13.2 Å². The molecule has 0 atom stereocenters. The van der Waals surface area contributed by atoms with Crippen molar-refractivity contribution in [1.29, 1.82) is 0 Å². The lowest BCUT2D eigenvalue weighted by Crippen LogP contribution is -2.31. The lowest BCUT2D eigenvalue weighted by molar-refractivity contribution is 0.251. The van der Waals surface area contributed by atoms with Gasteiger partial charge in [0.1, 0.15) is 11.6 Å². The highest BCUT2D eigenvalue weighted by Gasteiger charge is 2.12. The van der Waals surface area contributed by atoms with Gasteiger partial charge in [0, 0.05) is 31.4 Å². The smallest absolute Gasteiger partial charge is 0.319 e. The van der Waals surface area contributed by atoms with Gasteiger partial charge in [-0.25, -0.2) is 9.18 Å². The molecule has 1 aliphatic rings. The first-order valence-corrected chi connectivity index (χ1v) is 9.49. The van der Waals surface area contributed by atoms with Crippen LogP contribution in [-0.4, -0.2) is 37.7 Å². The number of urea groups is 1. The zero-order valence-corrected chi connectivity index (χ0v) is 16.1. The summed E-state index contributed by atoms with van der Waals surface area (Å²) < 4.78 is 18.1. The van der Waals surface area contributed by atoms with E-state index >= 15 is 0 Å². The minimum atomic E-state index is -0.220. The molecule has 1 aliphatic heterocycles. The Morgan fingerprint density at radius 3 is 2.82 bits per heavy atom. The number of nitrogens with one attached hydrogen (secondary N) is 2. The molecule has 0 fully saturated rings. The lowest BCUT2D eigenvalue weighted by atomic mass is 10.1. The summed E-state index contributed by atoms with van der Waals surface area (Å²) >= 11 is 0. The standard InChI is InChI=1S/C22H26FN3O2/c1-28-21-5-2-4-20(15-21)25-22(27)24-11-3-12-26-13-10-18(16-26)14-17-6-8-19(23)9-7-17/h2,4-9,15-16H,3,10-14H2,1H3,(H2,24,25,27). The van der Waals surface area contributed by atoms with Gasteiger partial charge in [-0.2, -0.15) is 0 Å². The molecule has 0 radical (unpaired) electrons. The Kier molecular flexibility index (Phi) is 6.89. The maximum absolute atomic E-state index is 13.0. The second kappa shape index (κ2) is 9.78. The fourth-order valence-electron chi connectivity index (χ4n) is 3.21. The Labute approximate surface area is 165 Å². The molecule has 148 valence electrons. The number of anilines is 1.